The summed E-state index contributed by atoms with van der Waals surface area (Å²) in [7, 11) is -3.56. The summed E-state index contributed by atoms with van der Waals surface area (Å²) < 4.78 is 27.8. The van der Waals surface area contributed by atoms with Crippen LogP contribution in [0.25, 0.3) is 10.6 Å². The molecule has 0 fully saturated rings. The molecule has 1 aromatic carbocycles. The van der Waals surface area contributed by atoms with Crippen LogP contribution in [0.2, 0.25) is 0 Å². The van der Waals surface area contributed by atoms with Crippen LogP contribution in [0.3, 0.4) is 0 Å². The lowest BCUT2D eigenvalue weighted by Crippen LogP contribution is -2.23. The van der Waals surface area contributed by atoms with Crippen LogP contribution in [0.15, 0.2) is 65.0 Å². The number of rotatable bonds is 6. The third-order valence-corrected chi connectivity index (χ3v) is 6.25. The first-order chi connectivity index (χ1) is 12.0. The van der Waals surface area contributed by atoms with Crippen LogP contribution in [-0.4, -0.2) is 13.4 Å². The summed E-state index contributed by atoms with van der Waals surface area (Å²) in [6.07, 6.45) is 1.72. The summed E-state index contributed by atoms with van der Waals surface area (Å²) in [6.45, 7) is 4.36. The van der Waals surface area contributed by atoms with E-state index in [-0.39, 0.29) is 11.4 Å². The van der Waals surface area contributed by atoms with Gasteiger partial charge in [-0.3, -0.25) is 4.98 Å². The van der Waals surface area contributed by atoms with Gasteiger partial charge in [0.1, 0.15) is 0 Å². The summed E-state index contributed by atoms with van der Waals surface area (Å²) in [5, 5.41) is 1.98. The molecule has 0 radical (unpaired) electrons. The van der Waals surface area contributed by atoms with Gasteiger partial charge in [0.25, 0.3) is 0 Å². The van der Waals surface area contributed by atoms with Crippen LogP contribution in [0.5, 0.6) is 0 Å². The third-order valence-electron chi connectivity index (χ3n) is 3.96. The van der Waals surface area contributed by atoms with Crippen molar-refractivity contribution in [3.8, 4) is 10.6 Å². The van der Waals surface area contributed by atoms with E-state index in [0.717, 1.165) is 21.7 Å². The highest BCUT2D eigenvalue weighted by Crippen LogP contribution is 2.26. The fourth-order valence-corrected chi connectivity index (χ4v) is 4.27. The number of nitrogens with zero attached hydrogens (tertiary/aromatic N) is 1. The van der Waals surface area contributed by atoms with Crippen LogP contribution >= 0.6 is 11.3 Å². The summed E-state index contributed by atoms with van der Waals surface area (Å²) >= 11 is 1.58. The highest BCUT2D eigenvalue weighted by molar-refractivity contribution is 7.89. The maximum atomic E-state index is 12.6. The molecule has 0 atom stereocenters. The minimum atomic E-state index is -3.56. The van der Waals surface area contributed by atoms with Gasteiger partial charge in [-0.05, 0) is 46.7 Å². The van der Waals surface area contributed by atoms with Gasteiger partial charge < -0.3 is 0 Å². The normalized spacial score (nSPS) is 11.8. The molecule has 0 unspecified atom stereocenters. The third kappa shape index (κ3) is 4.15. The largest absolute Gasteiger partial charge is 0.255 e. The smallest absolute Gasteiger partial charge is 0.240 e. The number of benzene rings is 1. The van der Waals surface area contributed by atoms with Crippen molar-refractivity contribution in [1.29, 1.82) is 0 Å². The fourth-order valence-electron chi connectivity index (χ4n) is 2.50. The summed E-state index contributed by atoms with van der Waals surface area (Å²) in [4.78, 5) is 5.70. The number of thiophene rings is 1. The van der Waals surface area contributed by atoms with Crippen molar-refractivity contribution in [3.63, 3.8) is 0 Å². The van der Waals surface area contributed by atoms with Gasteiger partial charge in [-0.2, -0.15) is 0 Å². The molecule has 0 saturated heterocycles. The fraction of sp³-hybridized carbons (Fsp3) is 0.211. The zero-order valence-corrected chi connectivity index (χ0v) is 15.8. The lowest BCUT2D eigenvalue weighted by atomic mass is 10.0. The first-order valence-corrected chi connectivity index (χ1v) is 10.4. The Labute approximate surface area is 152 Å². The van der Waals surface area contributed by atoms with E-state index < -0.39 is 10.0 Å². The molecule has 0 aliphatic heterocycles. The first kappa shape index (κ1) is 17.8. The van der Waals surface area contributed by atoms with E-state index in [9.17, 15) is 8.42 Å². The predicted octanol–water partition coefficient (Wildman–Crippen LogP) is 4.41. The molecule has 6 heteroatoms. The average Bonchev–Trinajstić information content (AvgIpc) is 3.15. The van der Waals surface area contributed by atoms with E-state index in [0.29, 0.717) is 5.92 Å². The second-order valence-corrected chi connectivity index (χ2v) is 8.75. The molecule has 25 heavy (non-hydrogen) atoms. The Morgan fingerprint density at radius 3 is 2.48 bits per heavy atom. The molecule has 1 N–H and O–H groups in total. The highest BCUT2D eigenvalue weighted by Gasteiger charge is 2.16. The highest BCUT2D eigenvalue weighted by atomic mass is 32.2. The van der Waals surface area contributed by atoms with Crippen molar-refractivity contribution in [1.82, 2.24) is 9.71 Å². The van der Waals surface area contributed by atoms with Crippen LogP contribution in [0.1, 0.15) is 30.9 Å². The van der Waals surface area contributed by atoms with Crippen LogP contribution in [0, 0.1) is 0 Å². The van der Waals surface area contributed by atoms with Crippen molar-refractivity contribution in [2.75, 3.05) is 0 Å². The van der Waals surface area contributed by atoms with Crippen molar-refractivity contribution in [2.24, 2.45) is 0 Å². The SMILES string of the molecule is CC(C)c1ccc(S(=O)(=O)NCc2cccnc2-c2cccs2)cc1. The molecule has 0 amide bonds. The Morgan fingerprint density at radius 2 is 1.84 bits per heavy atom. The van der Waals surface area contributed by atoms with Crippen molar-refractivity contribution in [3.05, 3.63) is 71.2 Å². The van der Waals surface area contributed by atoms with E-state index in [1.54, 1.807) is 29.7 Å². The lowest BCUT2D eigenvalue weighted by Gasteiger charge is -2.11. The first-order valence-electron chi connectivity index (χ1n) is 8.05. The standard InChI is InChI=1S/C19H20N2O2S2/c1-14(2)15-7-9-17(10-8-15)25(22,23)21-13-16-5-3-11-20-19(16)18-6-4-12-24-18/h3-12,14,21H,13H2,1-2H3. The zero-order valence-electron chi connectivity index (χ0n) is 14.1. The van der Waals surface area contributed by atoms with E-state index in [1.807, 2.05) is 41.8 Å². The molecule has 2 heterocycles. The minimum Gasteiger partial charge on any atom is -0.255 e. The van der Waals surface area contributed by atoms with E-state index in [1.165, 1.54) is 0 Å². The Morgan fingerprint density at radius 1 is 1.08 bits per heavy atom. The molecular weight excluding hydrogens is 352 g/mol. The average molecular weight is 373 g/mol. The molecule has 0 spiro atoms. The predicted molar refractivity (Wildman–Crippen MR) is 102 cm³/mol. The molecule has 0 aliphatic rings. The van der Waals surface area contributed by atoms with Gasteiger partial charge in [0.2, 0.25) is 10.0 Å². The van der Waals surface area contributed by atoms with Crippen LogP contribution in [0.4, 0.5) is 0 Å². The molecular formula is C19H20N2O2S2. The summed E-state index contributed by atoms with van der Waals surface area (Å²) in [5.74, 6) is 0.369. The molecule has 3 aromatic rings. The van der Waals surface area contributed by atoms with E-state index in [4.69, 9.17) is 0 Å². The number of sulfonamides is 1. The maximum Gasteiger partial charge on any atom is 0.240 e. The quantitative estimate of drug-likeness (QED) is 0.697. The van der Waals surface area contributed by atoms with Gasteiger partial charge in [-0.15, -0.1) is 11.3 Å². The van der Waals surface area contributed by atoms with Gasteiger partial charge >= 0.3 is 0 Å². The maximum absolute atomic E-state index is 12.6. The minimum absolute atomic E-state index is 0.204. The van der Waals surface area contributed by atoms with Gasteiger partial charge in [-0.25, -0.2) is 13.1 Å². The molecule has 0 aliphatic carbocycles. The van der Waals surface area contributed by atoms with Gasteiger partial charge in [0, 0.05) is 12.7 Å². The molecule has 0 bridgehead atoms. The number of nitrogens with one attached hydrogen (secondary N) is 1. The number of hydrogen-bond donors (Lipinski definition) is 1. The van der Waals surface area contributed by atoms with Crippen molar-refractivity contribution >= 4 is 21.4 Å². The van der Waals surface area contributed by atoms with Crippen LogP contribution in [-0.2, 0) is 16.6 Å². The van der Waals surface area contributed by atoms with Gasteiger partial charge in [0.15, 0.2) is 0 Å². The molecule has 4 nitrogen and oxygen atoms in total. The van der Waals surface area contributed by atoms with Gasteiger partial charge in [-0.1, -0.05) is 38.1 Å². The number of aromatic nitrogens is 1. The van der Waals surface area contributed by atoms with E-state index in [2.05, 4.69) is 23.6 Å². The summed E-state index contributed by atoms with van der Waals surface area (Å²) in [5.41, 5.74) is 2.79. The monoisotopic (exact) mass is 372 g/mol. The number of hydrogen-bond acceptors (Lipinski definition) is 4. The molecule has 2 aromatic heterocycles. The van der Waals surface area contributed by atoms with E-state index >= 15 is 0 Å². The molecule has 130 valence electrons. The van der Waals surface area contributed by atoms with Crippen molar-refractivity contribution in [2.45, 2.75) is 31.2 Å². The Kier molecular flexibility index (Phi) is 5.32. The topological polar surface area (TPSA) is 59.1 Å². The number of pyridine rings is 1. The second kappa shape index (κ2) is 7.47. The lowest BCUT2D eigenvalue weighted by molar-refractivity contribution is 0.581. The Balaban J connectivity index is 1.79. The Hall–Kier alpha value is -2.02. The van der Waals surface area contributed by atoms with Crippen molar-refractivity contribution < 1.29 is 8.42 Å². The molecule has 0 saturated carbocycles. The second-order valence-electron chi connectivity index (χ2n) is 6.04. The molecule has 3 rings (SSSR count). The summed E-state index contributed by atoms with van der Waals surface area (Å²) in [6, 6.07) is 14.7. The van der Waals surface area contributed by atoms with Gasteiger partial charge in [0.05, 0.1) is 15.5 Å². The zero-order chi connectivity index (χ0) is 17.9. The van der Waals surface area contributed by atoms with Crippen LogP contribution < -0.4 is 4.72 Å². The Bertz CT molecular complexity index is 932.